The summed E-state index contributed by atoms with van der Waals surface area (Å²) < 4.78 is 0. The summed E-state index contributed by atoms with van der Waals surface area (Å²) in [6.45, 7) is 14.4. The van der Waals surface area contributed by atoms with Gasteiger partial charge in [0.1, 0.15) is 0 Å². The van der Waals surface area contributed by atoms with Crippen molar-refractivity contribution in [2.75, 3.05) is 31.1 Å². The van der Waals surface area contributed by atoms with Gasteiger partial charge in [-0.25, -0.2) is 0 Å². The number of hydrogen-bond acceptors (Lipinski definition) is 3. The van der Waals surface area contributed by atoms with E-state index in [1.165, 1.54) is 31.7 Å². The highest BCUT2D eigenvalue weighted by Gasteiger charge is 2.31. The fourth-order valence-corrected chi connectivity index (χ4v) is 3.42. The lowest BCUT2D eigenvalue weighted by molar-refractivity contribution is 0.0913. The number of thioether (sulfide) groups is 1. The first kappa shape index (κ1) is 16.1. The second-order valence-electron chi connectivity index (χ2n) is 5.35. The van der Waals surface area contributed by atoms with Gasteiger partial charge in [-0.15, -0.1) is 6.58 Å². The summed E-state index contributed by atoms with van der Waals surface area (Å²) in [4.78, 5) is 2.66. The lowest BCUT2D eigenvalue weighted by atomic mass is 9.87. The van der Waals surface area contributed by atoms with E-state index in [9.17, 15) is 0 Å². The molecule has 0 aromatic heterocycles. The largest absolute Gasteiger partial charge is 0.314 e. The third kappa shape index (κ3) is 4.94. The molecule has 0 radical (unpaired) electrons. The van der Waals surface area contributed by atoms with Gasteiger partial charge in [0.2, 0.25) is 0 Å². The van der Waals surface area contributed by atoms with E-state index in [-0.39, 0.29) is 0 Å². The molecule has 106 valence electrons. The SMILES string of the molecule is C=CCSCCN1CCC(NCCC)C(C)C1C. The molecule has 2 nitrogen and oxygen atoms in total. The highest BCUT2D eigenvalue weighted by molar-refractivity contribution is 7.99. The number of hydrogen-bond donors (Lipinski definition) is 1. The van der Waals surface area contributed by atoms with Gasteiger partial charge in [0.25, 0.3) is 0 Å². The van der Waals surface area contributed by atoms with Gasteiger partial charge in [0, 0.05) is 30.1 Å². The molecule has 3 heteroatoms. The summed E-state index contributed by atoms with van der Waals surface area (Å²) in [5, 5.41) is 3.70. The maximum atomic E-state index is 3.77. The minimum absolute atomic E-state index is 0.706. The van der Waals surface area contributed by atoms with Crippen LogP contribution >= 0.6 is 11.8 Å². The Balaban J connectivity index is 2.30. The summed E-state index contributed by atoms with van der Waals surface area (Å²) in [5.74, 6) is 3.07. The molecule has 0 spiro atoms. The first-order valence-corrected chi connectivity index (χ1v) is 8.52. The van der Waals surface area contributed by atoms with E-state index < -0.39 is 0 Å². The second kappa shape index (κ2) is 9.00. The van der Waals surface area contributed by atoms with Crippen molar-refractivity contribution in [2.45, 2.75) is 45.7 Å². The lowest BCUT2D eigenvalue weighted by Crippen LogP contribution is -2.53. The van der Waals surface area contributed by atoms with Crippen molar-refractivity contribution in [1.29, 1.82) is 0 Å². The van der Waals surface area contributed by atoms with Gasteiger partial charge in [0.05, 0.1) is 0 Å². The van der Waals surface area contributed by atoms with E-state index in [4.69, 9.17) is 0 Å². The van der Waals surface area contributed by atoms with E-state index in [1.807, 2.05) is 17.8 Å². The lowest BCUT2D eigenvalue weighted by Gasteiger charge is -2.43. The number of nitrogens with zero attached hydrogens (tertiary/aromatic N) is 1. The molecule has 0 aliphatic carbocycles. The summed E-state index contributed by atoms with van der Waals surface area (Å²) in [6.07, 6.45) is 4.54. The van der Waals surface area contributed by atoms with Crippen molar-refractivity contribution in [3.05, 3.63) is 12.7 Å². The summed E-state index contributed by atoms with van der Waals surface area (Å²) in [7, 11) is 0. The number of piperidine rings is 1. The zero-order chi connectivity index (χ0) is 13.4. The fraction of sp³-hybridized carbons (Fsp3) is 0.867. The molecule has 1 N–H and O–H groups in total. The zero-order valence-corrected chi connectivity index (χ0v) is 13.1. The minimum atomic E-state index is 0.706. The quantitative estimate of drug-likeness (QED) is 0.539. The normalized spacial score (nSPS) is 29.4. The molecular formula is C15H30N2S. The van der Waals surface area contributed by atoms with Crippen LogP contribution in [-0.4, -0.2) is 48.1 Å². The molecule has 0 aromatic carbocycles. The topological polar surface area (TPSA) is 15.3 Å². The standard InChI is InChI=1S/C15H30N2S/c1-5-8-16-15-7-9-17(14(4)13(15)3)10-12-18-11-6-2/h6,13-16H,2,5,7-12H2,1,3-4H3. The van der Waals surface area contributed by atoms with Crippen molar-refractivity contribution in [3.63, 3.8) is 0 Å². The van der Waals surface area contributed by atoms with Gasteiger partial charge in [-0.3, -0.25) is 4.90 Å². The van der Waals surface area contributed by atoms with E-state index in [0.29, 0.717) is 6.04 Å². The average molecular weight is 270 g/mol. The van der Waals surface area contributed by atoms with Crippen LogP contribution in [0.25, 0.3) is 0 Å². The molecule has 1 rings (SSSR count). The predicted molar refractivity (Wildman–Crippen MR) is 84.4 cm³/mol. The van der Waals surface area contributed by atoms with Gasteiger partial charge in [-0.05, 0) is 38.8 Å². The van der Waals surface area contributed by atoms with E-state index >= 15 is 0 Å². The average Bonchev–Trinajstić information content (AvgIpc) is 2.38. The van der Waals surface area contributed by atoms with Gasteiger partial charge in [-0.2, -0.15) is 11.8 Å². The minimum Gasteiger partial charge on any atom is -0.314 e. The Bertz CT molecular complexity index is 233. The zero-order valence-electron chi connectivity index (χ0n) is 12.3. The summed E-state index contributed by atoms with van der Waals surface area (Å²) in [6, 6.07) is 1.43. The van der Waals surface area contributed by atoms with Crippen LogP contribution in [-0.2, 0) is 0 Å². The van der Waals surface area contributed by atoms with Gasteiger partial charge >= 0.3 is 0 Å². The van der Waals surface area contributed by atoms with E-state index in [2.05, 4.69) is 37.6 Å². The van der Waals surface area contributed by atoms with Crippen LogP contribution in [0, 0.1) is 5.92 Å². The van der Waals surface area contributed by atoms with Crippen LogP contribution < -0.4 is 5.32 Å². The molecule has 0 aromatic rings. The summed E-state index contributed by atoms with van der Waals surface area (Å²) >= 11 is 1.99. The Labute approximate surface area is 118 Å². The van der Waals surface area contributed by atoms with Crippen LogP contribution in [0.3, 0.4) is 0 Å². The highest BCUT2D eigenvalue weighted by atomic mass is 32.2. The Morgan fingerprint density at radius 1 is 1.44 bits per heavy atom. The molecule has 0 bridgehead atoms. The predicted octanol–water partition coefficient (Wildman–Crippen LogP) is 3.00. The van der Waals surface area contributed by atoms with E-state index in [1.54, 1.807) is 0 Å². The molecule has 1 aliphatic heterocycles. The van der Waals surface area contributed by atoms with Crippen LogP contribution in [0.4, 0.5) is 0 Å². The fourth-order valence-electron chi connectivity index (χ4n) is 2.72. The molecule has 3 atom stereocenters. The molecule has 0 amide bonds. The second-order valence-corrected chi connectivity index (χ2v) is 6.50. The Kier molecular flexibility index (Phi) is 8.03. The molecule has 1 saturated heterocycles. The molecule has 18 heavy (non-hydrogen) atoms. The van der Waals surface area contributed by atoms with Crippen LogP contribution in [0.15, 0.2) is 12.7 Å². The first-order chi connectivity index (χ1) is 8.70. The van der Waals surface area contributed by atoms with Crippen LogP contribution in [0.2, 0.25) is 0 Å². The molecule has 1 heterocycles. The number of nitrogens with one attached hydrogen (secondary N) is 1. The highest BCUT2D eigenvalue weighted by Crippen LogP contribution is 2.23. The van der Waals surface area contributed by atoms with Crippen molar-refractivity contribution >= 4 is 11.8 Å². The molecule has 0 saturated carbocycles. The Hall–Kier alpha value is 0.01000. The molecule has 1 fully saturated rings. The maximum Gasteiger partial charge on any atom is 0.0120 e. The third-order valence-corrected chi connectivity index (χ3v) is 5.06. The van der Waals surface area contributed by atoms with Crippen LogP contribution in [0.5, 0.6) is 0 Å². The van der Waals surface area contributed by atoms with Gasteiger partial charge in [0.15, 0.2) is 0 Å². The van der Waals surface area contributed by atoms with Crippen molar-refractivity contribution in [3.8, 4) is 0 Å². The van der Waals surface area contributed by atoms with Crippen molar-refractivity contribution in [2.24, 2.45) is 5.92 Å². The van der Waals surface area contributed by atoms with Crippen LogP contribution in [0.1, 0.15) is 33.6 Å². The maximum absolute atomic E-state index is 3.77. The first-order valence-electron chi connectivity index (χ1n) is 7.36. The Morgan fingerprint density at radius 3 is 2.89 bits per heavy atom. The number of likely N-dealkylation sites (tertiary alicyclic amines) is 1. The van der Waals surface area contributed by atoms with Gasteiger partial charge < -0.3 is 5.32 Å². The third-order valence-electron chi connectivity index (χ3n) is 4.11. The summed E-state index contributed by atoms with van der Waals surface area (Å²) in [5.41, 5.74) is 0. The van der Waals surface area contributed by atoms with E-state index in [0.717, 1.165) is 24.3 Å². The Morgan fingerprint density at radius 2 is 2.22 bits per heavy atom. The molecule has 3 unspecified atom stereocenters. The number of rotatable bonds is 8. The van der Waals surface area contributed by atoms with Crippen molar-refractivity contribution < 1.29 is 0 Å². The molecular weight excluding hydrogens is 240 g/mol. The molecule has 1 aliphatic rings. The van der Waals surface area contributed by atoms with Gasteiger partial charge in [-0.1, -0.05) is 19.9 Å². The monoisotopic (exact) mass is 270 g/mol. The van der Waals surface area contributed by atoms with Crippen molar-refractivity contribution in [1.82, 2.24) is 10.2 Å². The smallest absolute Gasteiger partial charge is 0.0120 e.